The van der Waals surface area contributed by atoms with Gasteiger partial charge in [-0.3, -0.25) is 25.8 Å². The number of likely N-dealkylation sites (tertiary alicyclic amines) is 1. The Labute approximate surface area is 445 Å². The topological polar surface area (TPSA) is 183 Å². The number of Topliss-reactive ketones (excluding diaryl/α,β-unsaturated/α-hetero) is 2. The number of amides is 3. The van der Waals surface area contributed by atoms with Crippen LogP contribution in [0, 0.1) is 29.1 Å². The van der Waals surface area contributed by atoms with Crippen molar-refractivity contribution in [1.29, 1.82) is 0 Å². The number of nitrogens with one attached hydrogen (secondary N) is 1. The number of urea groups is 1. The number of nitrogens with two attached hydrogens (primary N) is 3. The molecule has 0 spiro atoms. The Morgan fingerprint density at radius 1 is 1.03 bits per heavy atom. The van der Waals surface area contributed by atoms with Gasteiger partial charge in [0.2, 0.25) is 0 Å². The monoisotopic (exact) mass is 1030 g/mol. The number of hydrazine groups is 1. The number of benzene rings is 1. The van der Waals surface area contributed by atoms with Crippen LogP contribution in [-0.4, -0.2) is 101 Å². The number of hydrogen-bond acceptors (Lipinski definition) is 10. The van der Waals surface area contributed by atoms with Crippen molar-refractivity contribution in [3.8, 4) is 11.3 Å². The van der Waals surface area contributed by atoms with Gasteiger partial charge in [0, 0.05) is 79.1 Å². The van der Waals surface area contributed by atoms with E-state index < -0.39 is 16.5 Å². The molecule has 14 heteroatoms. The van der Waals surface area contributed by atoms with Gasteiger partial charge in [0.25, 0.3) is 5.91 Å². The molecule has 3 amide bonds. The van der Waals surface area contributed by atoms with Gasteiger partial charge < -0.3 is 20.0 Å². The van der Waals surface area contributed by atoms with Gasteiger partial charge in [-0.05, 0) is 140 Å². The second kappa shape index (κ2) is 31.3. The third kappa shape index (κ3) is 19.6. The van der Waals surface area contributed by atoms with E-state index in [1.807, 2.05) is 20.8 Å². The first-order valence-electron chi connectivity index (χ1n) is 26.9. The number of aryl methyl sites for hydroxylation is 2. The number of carbonyl (C=O) groups is 4. The van der Waals surface area contributed by atoms with Gasteiger partial charge in [0.15, 0.2) is 6.04 Å². The summed E-state index contributed by atoms with van der Waals surface area (Å²) in [5.74, 6) is 12.6. The fourth-order valence-corrected chi connectivity index (χ4v) is 10.6. The molecule has 0 saturated carbocycles. The summed E-state index contributed by atoms with van der Waals surface area (Å²) in [6.07, 6.45) is 17.2. The minimum absolute atomic E-state index is 0.0375. The van der Waals surface area contributed by atoms with E-state index in [0.29, 0.717) is 50.0 Å². The van der Waals surface area contributed by atoms with Crippen molar-refractivity contribution in [2.75, 3.05) is 47.3 Å². The summed E-state index contributed by atoms with van der Waals surface area (Å²) >= 11 is 1.64. The largest absolute Gasteiger partial charge is 0.438 e. The maximum atomic E-state index is 12.8. The minimum Gasteiger partial charge on any atom is -0.364 e. The van der Waals surface area contributed by atoms with E-state index in [-0.39, 0.29) is 29.1 Å². The Morgan fingerprint density at radius 2 is 1.67 bits per heavy atom. The highest BCUT2D eigenvalue weighted by Crippen LogP contribution is 2.41. The van der Waals surface area contributed by atoms with Crippen LogP contribution in [0.15, 0.2) is 66.6 Å². The number of nitrogens with zero attached hydrogens (tertiary/aromatic N) is 5. The molecule has 3 aromatic rings. The number of piperidine rings is 1. The number of primary amides is 1. The Hall–Kier alpha value is -4.57. The predicted octanol–water partition coefficient (Wildman–Crippen LogP) is 11.5. The maximum Gasteiger partial charge on any atom is 0.438 e. The average Bonchev–Trinajstić information content (AvgIpc) is 3.94. The first kappa shape index (κ1) is 64.5. The fraction of sp³-hybridized carbons (Fsp3) is 0.610. The van der Waals surface area contributed by atoms with E-state index in [0.717, 1.165) is 87.3 Å². The Morgan fingerprint density at radius 3 is 2.19 bits per heavy atom. The molecule has 0 aliphatic carbocycles. The lowest BCUT2D eigenvalue weighted by atomic mass is 9.79. The summed E-state index contributed by atoms with van der Waals surface area (Å²) in [7, 11) is 5.73. The number of ketones is 2. The molecule has 0 bridgehead atoms. The molecular weight excluding hydrogens is 931 g/mol. The number of allylic oxidation sites excluding steroid dienone is 6. The third-order valence-electron chi connectivity index (χ3n) is 14.5. The van der Waals surface area contributed by atoms with Gasteiger partial charge in [-0.1, -0.05) is 97.6 Å². The second-order valence-corrected chi connectivity index (χ2v) is 22.8. The third-order valence-corrected chi connectivity index (χ3v) is 15.5. The number of quaternary nitrogens is 1. The Balaban J connectivity index is 0.000000563. The molecular formula is C59H98N9O4S+. The van der Waals surface area contributed by atoms with Gasteiger partial charge in [0.05, 0.1) is 23.4 Å². The van der Waals surface area contributed by atoms with Crippen LogP contribution in [0.5, 0.6) is 0 Å². The summed E-state index contributed by atoms with van der Waals surface area (Å²) in [5, 5.41) is 4.39. The highest BCUT2D eigenvalue weighted by molar-refractivity contribution is 7.10. The normalized spacial score (nSPS) is 15.7. The number of rotatable bonds is 26. The standard InChI is InChI=1S/C39H58N4O2S.C16H33N5O2.C4H6/c1-10-14-31(29(7)26(4)11-2)38-33(24-39(8,9)21-20-28(6)44)32-23-30(16-17-35(32)43(38)12-3)34-25-46-37(42-34)19-18-36(45)27(5)15-13-22-41-40;1-12(2)14(15(17)22)21(5,18)16(23)20-10-7-13(8-11-20)6-9-19(3)4;1-3-4-2/h10,14,16-17,23,25-27,41H,11-13,15,18-22,24,40H2,1-9H3;12-14H,6-11,18H2,1-5H3,(H-,17,22);3-4H,1-2H2/p+1/b14-10-,31-29-;;. The molecule has 1 aromatic carbocycles. The second-order valence-electron chi connectivity index (χ2n) is 21.9. The molecule has 1 saturated heterocycles. The summed E-state index contributed by atoms with van der Waals surface area (Å²) < 4.78 is 1.99. The lowest BCUT2D eigenvalue weighted by Crippen LogP contribution is -2.70. The molecule has 408 valence electrons. The van der Waals surface area contributed by atoms with Gasteiger partial charge in [-0.2, -0.15) is 10.4 Å². The van der Waals surface area contributed by atoms with Gasteiger partial charge >= 0.3 is 6.03 Å². The van der Waals surface area contributed by atoms with Crippen LogP contribution in [0.1, 0.15) is 150 Å². The molecule has 4 unspecified atom stereocenters. The highest BCUT2D eigenvalue weighted by Gasteiger charge is 2.46. The summed E-state index contributed by atoms with van der Waals surface area (Å²) in [6, 6.07) is 5.85. The van der Waals surface area contributed by atoms with E-state index in [2.05, 4.69) is 126 Å². The Kier molecular flexibility index (Phi) is 27.7. The fourth-order valence-electron chi connectivity index (χ4n) is 9.81. The van der Waals surface area contributed by atoms with Crippen molar-refractivity contribution in [2.24, 2.45) is 46.5 Å². The molecule has 13 nitrogen and oxygen atoms in total. The van der Waals surface area contributed by atoms with Crippen LogP contribution in [0.25, 0.3) is 27.7 Å². The van der Waals surface area contributed by atoms with Crippen LogP contribution in [0.2, 0.25) is 0 Å². The summed E-state index contributed by atoms with van der Waals surface area (Å²) in [5.41, 5.74) is 16.7. The lowest BCUT2D eigenvalue weighted by Gasteiger charge is -2.39. The SMILES string of the molecule is C/C=C\C(=C(/C)C(C)CC)c1c(CC(C)(C)CCC(C)=O)c2cc(-c3csc(CCC(=O)C(C)CCCNN)n3)ccc2n1CC.C=CC=C.CC(C)C(C(N)=O)[N+](C)(N)C(=O)N1CCC(CCN(C)C)CC1. The van der Waals surface area contributed by atoms with Crippen LogP contribution in [0.3, 0.4) is 0 Å². The number of carbonyl (C=O) groups excluding carboxylic acids is 4. The molecule has 4 atom stereocenters. The zero-order chi connectivity index (χ0) is 55.2. The van der Waals surface area contributed by atoms with E-state index in [1.165, 1.54) is 33.3 Å². The molecule has 3 heterocycles. The molecule has 1 aliphatic rings. The molecule has 2 aromatic heterocycles. The van der Waals surface area contributed by atoms with Crippen LogP contribution in [-0.2, 0) is 33.8 Å². The van der Waals surface area contributed by atoms with Crippen molar-refractivity contribution in [3.05, 3.63) is 82.9 Å². The maximum absolute atomic E-state index is 12.8. The number of hydrogen-bond donors (Lipinski definition) is 4. The van der Waals surface area contributed by atoms with Gasteiger partial charge in [-0.25, -0.2) is 9.78 Å². The number of likely N-dealkylation sites (N-methyl/N-ethyl adjacent to an activating group) is 1. The summed E-state index contributed by atoms with van der Waals surface area (Å²) in [4.78, 5) is 58.2. The molecule has 4 rings (SSSR count). The average molecular weight is 1030 g/mol. The van der Waals surface area contributed by atoms with Crippen molar-refractivity contribution in [2.45, 2.75) is 159 Å². The smallest absolute Gasteiger partial charge is 0.364 e. The number of aromatic nitrogens is 2. The highest BCUT2D eigenvalue weighted by atomic mass is 32.1. The molecule has 0 radical (unpaired) electrons. The zero-order valence-electron chi connectivity index (χ0n) is 47.7. The summed E-state index contributed by atoms with van der Waals surface area (Å²) in [6.45, 7) is 34.0. The van der Waals surface area contributed by atoms with Crippen LogP contribution in [0.4, 0.5) is 4.79 Å². The zero-order valence-corrected chi connectivity index (χ0v) is 48.6. The van der Waals surface area contributed by atoms with Gasteiger partial charge in [-0.15, -0.1) is 11.3 Å². The first-order valence-corrected chi connectivity index (χ1v) is 27.7. The molecule has 1 aliphatic heterocycles. The van der Waals surface area contributed by atoms with Crippen molar-refractivity contribution >= 4 is 51.3 Å². The van der Waals surface area contributed by atoms with Crippen molar-refractivity contribution in [1.82, 2.24) is 24.8 Å². The number of thiazole rings is 1. The van der Waals surface area contributed by atoms with Crippen molar-refractivity contribution in [3.63, 3.8) is 0 Å². The molecule has 73 heavy (non-hydrogen) atoms. The van der Waals surface area contributed by atoms with E-state index >= 15 is 0 Å². The molecule has 7 N–H and O–H groups in total. The minimum atomic E-state index is -0.714. The van der Waals surface area contributed by atoms with Gasteiger partial charge in [0.1, 0.15) is 11.6 Å². The quantitative estimate of drug-likeness (QED) is 0.0152. The predicted molar refractivity (Wildman–Crippen MR) is 308 cm³/mol. The Bertz CT molecular complexity index is 2310. The van der Waals surface area contributed by atoms with E-state index in [1.54, 1.807) is 42.4 Å². The molecule has 1 fully saturated rings. The van der Waals surface area contributed by atoms with E-state index in [9.17, 15) is 19.2 Å². The van der Waals surface area contributed by atoms with E-state index in [4.69, 9.17) is 22.4 Å². The first-order chi connectivity index (χ1) is 34.3. The van der Waals surface area contributed by atoms with Crippen LogP contribution >= 0.6 is 11.3 Å². The van der Waals surface area contributed by atoms with Crippen LogP contribution < -0.4 is 22.8 Å². The number of fused-ring (bicyclic) bond motifs is 1. The lowest BCUT2D eigenvalue weighted by molar-refractivity contribution is -0.865. The van der Waals surface area contributed by atoms with Crippen molar-refractivity contribution < 1.29 is 23.8 Å².